The quantitative estimate of drug-likeness (QED) is 0.265. The number of nitrogens with two attached hydrogens (primary N) is 1. The first-order valence-electron chi connectivity index (χ1n) is 8.20. The average Bonchev–Trinajstić information content (AvgIpc) is 2.56. The molecule has 0 heterocycles. The van der Waals surface area contributed by atoms with Crippen LogP contribution >= 0.6 is 0 Å². The van der Waals surface area contributed by atoms with E-state index in [1.54, 1.807) is 6.07 Å². The number of hydrogen-bond acceptors (Lipinski definition) is 2. The van der Waals surface area contributed by atoms with E-state index >= 15 is 0 Å². The summed E-state index contributed by atoms with van der Waals surface area (Å²) in [7, 11) is 0. The molecule has 0 aliphatic rings. The van der Waals surface area contributed by atoms with Gasteiger partial charge in [0.15, 0.2) is 11.6 Å². The van der Waals surface area contributed by atoms with Crippen molar-refractivity contribution in [3.63, 3.8) is 0 Å². The van der Waals surface area contributed by atoms with Gasteiger partial charge in [0.2, 0.25) is 0 Å². The number of nitrogens with one attached hydrogen (secondary N) is 1. The van der Waals surface area contributed by atoms with E-state index in [1.807, 2.05) is 6.08 Å². The summed E-state index contributed by atoms with van der Waals surface area (Å²) in [6.45, 7) is 9.94. The van der Waals surface area contributed by atoms with Gasteiger partial charge in [-0.15, -0.1) is 6.58 Å². The average molecular weight is 322 g/mol. The van der Waals surface area contributed by atoms with Gasteiger partial charge < -0.3 is 0 Å². The van der Waals surface area contributed by atoms with Crippen LogP contribution < -0.4 is 11.3 Å². The van der Waals surface area contributed by atoms with Crippen LogP contribution in [0.5, 0.6) is 0 Å². The van der Waals surface area contributed by atoms with Crippen LogP contribution in [0.2, 0.25) is 0 Å². The molecule has 0 amide bonds. The lowest BCUT2D eigenvalue weighted by molar-refractivity contribution is 0.329. The molecule has 0 fully saturated rings. The van der Waals surface area contributed by atoms with Gasteiger partial charge in [-0.2, -0.15) is 0 Å². The van der Waals surface area contributed by atoms with Gasteiger partial charge >= 0.3 is 0 Å². The summed E-state index contributed by atoms with van der Waals surface area (Å²) in [5.74, 6) is 4.21. The van der Waals surface area contributed by atoms with Crippen LogP contribution in [0.1, 0.15) is 51.0 Å². The Balaban J connectivity index is 2.70. The SMILES string of the molecule is C=CCCCCC(CC)(NN)C(=C)CCc1cccc(F)c1F. The van der Waals surface area contributed by atoms with Crippen LogP contribution in [0.4, 0.5) is 8.78 Å². The van der Waals surface area contributed by atoms with E-state index in [-0.39, 0.29) is 5.54 Å². The minimum atomic E-state index is -0.809. The second-order valence-corrected chi connectivity index (χ2v) is 5.93. The highest BCUT2D eigenvalue weighted by Crippen LogP contribution is 2.29. The Labute approximate surface area is 138 Å². The van der Waals surface area contributed by atoms with Crippen molar-refractivity contribution in [3.8, 4) is 0 Å². The Morgan fingerprint density at radius 1 is 1.35 bits per heavy atom. The Bertz CT molecular complexity index is 522. The summed E-state index contributed by atoms with van der Waals surface area (Å²) < 4.78 is 27.0. The molecule has 1 atom stereocenters. The van der Waals surface area contributed by atoms with Crippen LogP contribution in [0.15, 0.2) is 43.0 Å². The van der Waals surface area contributed by atoms with Crippen molar-refractivity contribution < 1.29 is 8.78 Å². The Morgan fingerprint density at radius 3 is 2.70 bits per heavy atom. The smallest absolute Gasteiger partial charge is 0.162 e. The topological polar surface area (TPSA) is 38.0 Å². The molecule has 4 heteroatoms. The molecule has 0 saturated heterocycles. The number of benzene rings is 1. The molecule has 1 aromatic carbocycles. The minimum Gasteiger partial charge on any atom is -0.271 e. The molecule has 0 spiro atoms. The van der Waals surface area contributed by atoms with E-state index in [9.17, 15) is 8.78 Å². The molecule has 0 aliphatic heterocycles. The van der Waals surface area contributed by atoms with Crippen LogP contribution in [-0.4, -0.2) is 5.54 Å². The summed E-state index contributed by atoms with van der Waals surface area (Å²) in [6.07, 6.45) is 7.62. The first-order chi connectivity index (χ1) is 11.0. The number of rotatable bonds is 11. The molecule has 0 radical (unpaired) electrons. The summed E-state index contributed by atoms with van der Waals surface area (Å²) in [5.41, 5.74) is 3.86. The molecular formula is C19H28F2N2. The van der Waals surface area contributed by atoms with Crippen molar-refractivity contribution in [3.05, 3.63) is 60.2 Å². The van der Waals surface area contributed by atoms with Crippen LogP contribution in [0.3, 0.4) is 0 Å². The summed E-state index contributed by atoms with van der Waals surface area (Å²) in [6, 6.07) is 4.27. The van der Waals surface area contributed by atoms with E-state index in [2.05, 4.69) is 25.5 Å². The normalized spacial score (nSPS) is 13.6. The molecule has 23 heavy (non-hydrogen) atoms. The molecule has 1 rings (SSSR count). The minimum absolute atomic E-state index is 0.356. The highest BCUT2D eigenvalue weighted by atomic mass is 19.2. The molecule has 1 aromatic rings. The fraction of sp³-hybridized carbons (Fsp3) is 0.474. The van der Waals surface area contributed by atoms with Gasteiger partial charge in [0.05, 0.1) is 5.54 Å². The fourth-order valence-electron chi connectivity index (χ4n) is 2.86. The van der Waals surface area contributed by atoms with Gasteiger partial charge in [0, 0.05) is 0 Å². The van der Waals surface area contributed by atoms with Crippen molar-refractivity contribution >= 4 is 0 Å². The largest absolute Gasteiger partial charge is 0.271 e. The maximum absolute atomic E-state index is 13.7. The Kier molecular flexibility index (Phi) is 8.13. The van der Waals surface area contributed by atoms with E-state index in [0.29, 0.717) is 18.4 Å². The highest BCUT2D eigenvalue weighted by Gasteiger charge is 2.29. The van der Waals surface area contributed by atoms with Crippen molar-refractivity contribution in [2.45, 2.75) is 57.4 Å². The predicted octanol–water partition coefficient (Wildman–Crippen LogP) is 4.81. The number of hydrogen-bond donors (Lipinski definition) is 2. The molecule has 3 N–H and O–H groups in total. The van der Waals surface area contributed by atoms with E-state index in [0.717, 1.165) is 43.7 Å². The van der Waals surface area contributed by atoms with E-state index in [4.69, 9.17) is 5.84 Å². The zero-order valence-corrected chi connectivity index (χ0v) is 14.0. The number of halogens is 2. The van der Waals surface area contributed by atoms with Crippen LogP contribution in [0, 0.1) is 11.6 Å². The van der Waals surface area contributed by atoms with Gasteiger partial charge in [-0.05, 0) is 50.2 Å². The third-order valence-electron chi connectivity index (χ3n) is 4.55. The molecule has 0 bridgehead atoms. The maximum atomic E-state index is 13.7. The number of hydrazine groups is 1. The first kappa shape index (κ1) is 19.5. The lowest BCUT2D eigenvalue weighted by Gasteiger charge is -2.35. The molecule has 0 aliphatic carbocycles. The maximum Gasteiger partial charge on any atom is 0.162 e. The van der Waals surface area contributed by atoms with E-state index < -0.39 is 11.6 Å². The molecule has 0 saturated carbocycles. The monoisotopic (exact) mass is 322 g/mol. The predicted molar refractivity (Wildman–Crippen MR) is 92.8 cm³/mol. The number of unbranched alkanes of at least 4 members (excludes halogenated alkanes) is 2. The second-order valence-electron chi connectivity index (χ2n) is 5.93. The molecule has 1 unspecified atom stereocenters. The molecule has 0 aromatic heterocycles. The lowest BCUT2D eigenvalue weighted by Crippen LogP contribution is -2.50. The van der Waals surface area contributed by atoms with Crippen LogP contribution in [-0.2, 0) is 6.42 Å². The lowest BCUT2D eigenvalue weighted by atomic mass is 9.81. The zero-order chi connectivity index (χ0) is 17.3. The standard InChI is InChI=1S/C19H28F2N2/c1-4-6-7-8-14-19(5-2,23-22)15(3)12-13-16-10-9-11-17(20)18(16)21/h4,9-11,23H,1,3,5-8,12-14,22H2,2H3. The van der Waals surface area contributed by atoms with Crippen molar-refractivity contribution in [2.75, 3.05) is 0 Å². The van der Waals surface area contributed by atoms with Gasteiger partial charge in [0.1, 0.15) is 0 Å². The van der Waals surface area contributed by atoms with Gasteiger partial charge in [0.25, 0.3) is 0 Å². The summed E-state index contributed by atoms with van der Waals surface area (Å²) >= 11 is 0. The molecular weight excluding hydrogens is 294 g/mol. The van der Waals surface area contributed by atoms with Crippen molar-refractivity contribution in [1.82, 2.24) is 5.43 Å². The Morgan fingerprint density at radius 2 is 2.09 bits per heavy atom. The van der Waals surface area contributed by atoms with Gasteiger partial charge in [-0.3, -0.25) is 11.3 Å². The third kappa shape index (κ3) is 5.26. The number of aryl methyl sites for hydroxylation is 1. The Hall–Kier alpha value is -1.52. The van der Waals surface area contributed by atoms with Crippen LogP contribution in [0.25, 0.3) is 0 Å². The second kappa shape index (κ2) is 9.58. The first-order valence-corrected chi connectivity index (χ1v) is 8.20. The highest BCUT2D eigenvalue weighted by molar-refractivity contribution is 5.23. The zero-order valence-electron chi connectivity index (χ0n) is 14.0. The fourth-order valence-corrected chi connectivity index (χ4v) is 2.86. The molecule has 128 valence electrons. The van der Waals surface area contributed by atoms with Gasteiger partial charge in [-0.1, -0.05) is 43.7 Å². The number of allylic oxidation sites excluding steroid dienone is 1. The van der Waals surface area contributed by atoms with Crippen molar-refractivity contribution in [2.24, 2.45) is 5.84 Å². The summed E-state index contributed by atoms with van der Waals surface area (Å²) in [4.78, 5) is 0. The van der Waals surface area contributed by atoms with Crippen molar-refractivity contribution in [1.29, 1.82) is 0 Å². The summed E-state index contributed by atoms with van der Waals surface area (Å²) in [5, 5.41) is 0. The molecule has 2 nitrogen and oxygen atoms in total. The van der Waals surface area contributed by atoms with E-state index in [1.165, 1.54) is 6.07 Å². The third-order valence-corrected chi connectivity index (χ3v) is 4.55. The van der Waals surface area contributed by atoms with Gasteiger partial charge in [-0.25, -0.2) is 8.78 Å².